The lowest BCUT2D eigenvalue weighted by molar-refractivity contribution is 0.286. The molecule has 0 spiro atoms. The Hall–Kier alpha value is -0.730. The maximum absolute atomic E-state index is 6.24. The van der Waals surface area contributed by atoms with Crippen molar-refractivity contribution in [2.75, 3.05) is 6.61 Å². The summed E-state index contributed by atoms with van der Waals surface area (Å²) in [4.78, 5) is 0. The van der Waals surface area contributed by atoms with Gasteiger partial charge in [-0.25, -0.2) is 0 Å². The lowest BCUT2D eigenvalue weighted by Crippen LogP contribution is -2.22. The first kappa shape index (κ1) is 15.3. The van der Waals surface area contributed by atoms with Gasteiger partial charge in [-0.2, -0.15) is 0 Å². The van der Waals surface area contributed by atoms with E-state index in [0.29, 0.717) is 5.92 Å². The first-order valence-corrected chi connectivity index (χ1v) is 7.08. The number of hydrogen-bond donors (Lipinski definition) is 1. The molecule has 0 saturated carbocycles. The first-order chi connectivity index (χ1) is 8.54. The van der Waals surface area contributed by atoms with Crippen LogP contribution in [0.3, 0.4) is 0 Å². The van der Waals surface area contributed by atoms with Gasteiger partial charge in [0.2, 0.25) is 0 Å². The fraction of sp³-hybridized carbons (Fsp3) is 0.600. The molecule has 2 N–H and O–H groups in total. The van der Waals surface area contributed by atoms with Crippen molar-refractivity contribution in [1.29, 1.82) is 0 Å². The van der Waals surface area contributed by atoms with Crippen molar-refractivity contribution in [3.05, 3.63) is 28.8 Å². The first-order valence-electron chi connectivity index (χ1n) is 6.70. The van der Waals surface area contributed by atoms with Crippen LogP contribution in [0.2, 0.25) is 5.02 Å². The van der Waals surface area contributed by atoms with E-state index in [1.807, 2.05) is 18.2 Å². The summed E-state index contributed by atoms with van der Waals surface area (Å²) >= 11 is 6.24. The Morgan fingerprint density at radius 1 is 1.33 bits per heavy atom. The smallest absolute Gasteiger partial charge is 0.124 e. The number of rotatable bonds is 7. The molecule has 3 heteroatoms. The van der Waals surface area contributed by atoms with Gasteiger partial charge in [0.15, 0.2) is 0 Å². The Morgan fingerprint density at radius 2 is 2.06 bits per heavy atom. The van der Waals surface area contributed by atoms with E-state index in [2.05, 4.69) is 20.8 Å². The Labute approximate surface area is 115 Å². The summed E-state index contributed by atoms with van der Waals surface area (Å²) in [5.41, 5.74) is 7.04. The van der Waals surface area contributed by atoms with E-state index >= 15 is 0 Å². The van der Waals surface area contributed by atoms with Crippen LogP contribution >= 0.6 is 11.6 Å². The fourth-order valence-electron chi connectivity index (χ4n) is 1.68. The molecular formula is C15H24ClNO. The van der Waals surface area contributed by atoms with Crippen LogP contribution in [0.5, 0.6) is 5.75 Å². The molecule has 102 valence electrons. The van der Waals surface area contributed by atoms with Crippen molar-refractivity contribution in [3.63, 3.8) is 0 Å². The van der Waals surface area contributed by atoms with Gasteiger partial charge in [-0.3, -0.25) is 0 Å². The monoisotopic (exact) mass is 269 g/mol. The summed E-state index contributed by atoms with van der Waals surface area (Å²) in [6.45, 7) is 7.19. The molecule has 18 heavy (non-hydrogen) atoms. The van der Waals surface area contributed by atoms with E-state index in [-0.39, 0.29) is 6.04 Å². The highest BCUT2D eigenvalue weighted by Gasteiger charge is 2.11. The molecule has 0 aliphatic heterocycles. The minimum absolute atomic E-state index is 0.136. The van der Waals surface area contributed by atoms with Gasteiger partial charge in [0.05, 0.1) is 6.61 Å². The Kier molecular flexibility index (Phi) is 6.51. The summed E-state index contributed by atoms with van der Waals surface area (Å²) < 4.78 is 5.83. The lowest BCUT2D eigenvalue weighted by atomic mass is 10.0. The molecule has 1 rings (SSSR count). The molecule has 0 aromatic heterocycles. The molecule has 1 atom stereocenters. The van der Waals surface area contributed by atoms with E-state index in [4.69, 9.17) is 22.1 Å². The average molecular weight is 270 g/mol. The number of nitrogens with two attached hydrogens (primary N) is 1. The summed E-state index contributed by atoms with van der Waals surface area (Å²) in [7, 11) is 0. The van der Waals surface area contributed by atoms with Crippen LogP contribution < -0.4 is 10.5 Å². The van der Waals surface area contributed by atoms with Crippen LogP contribution in [0.4, 0.5) is 0 Å². The molecule has 0 heterocycles. The number of ether oxygens (including phenoxy) is 1. The maximum atomic E-state index is 6.24. The van der Waals surface area contributed by atoms with E-state index in [1.54, 1.807) is 0 Å². The van der Waals surface area contributed by atoms with E-state index in [1.165, 1.54) is 0 Å². The number of benzene rings is 1. The quantitative estimate of drug-likeness (QED) is 0.811. The maximum Gasteiger partial charge on any atom is 0.124 e. The minimum Gasteiger partial charge on any atom is -0.493 e. The lowest BCUT2D eigenvalue weighted by Gasteiger charge is -2.16. The van der Waals surface area contributed by atoms with Crippen molar-refractivity contribution in [1.82, 2.24) is 0 Å². The highest BCUT2D eigenvalue weighted by Crippen LogP contribution is 2.28. The third-order valence-corrected chi connectivity index (χ3v) is 3.37. The summed E-state index contributed by atoms with van der Waals surface area (Å²) in [6, 6.07) is 5.93. The van der Waals surface area contributed by atoms with Crippen LogP contribution in [0, 0.1) is 5.92 Å². The summed E-state index contributed by atoms with van der Waals surface area (Å²) in [5, 5.41) is 0.751. The predicted molar refractivity (Wildman–Crippen MR) is 78.4 cm³/mol. The normalized spacial score (nSPS) is 12.8. The van der Waals surface area contributed by atoms with Gasteiger partial charge < -0.3 is 10.5 Å². The topological polar surface area (TPSA) is 35.2 Å². The average Bonchev–Trinajstić information content (AvgIpc) is 2.32. The molecule has 1 unspecified atom stereocenters. The zero-order valence-corrected chi connectivity index (χ0v) is 12.3. The summed E-state index contributed by atoms with van der Waals surface area (Å²) in [6.07, 6.45) is 2.76. The highest BCUT2D eigenvalue weighted by molar-refractivity contribution is 6.31. The van der Waals surface area contributed by atoms with Crippen molar-refractivity contribution < 1.29 is 4.74 Å². The van der Waals surface area contributed by atoms with Crippen molar-refractivity contribution in [2.24, 2.45) is 11.7 Å². The Balaban J connectivity index is 2.73. The van der Waals surface area contributed by atoms with Crippen LogP contribution in [0.1, 0.15) is 39.2 Å². The van der Waals surface area contributed by atoms with E-state index in [0.717, 1.165) is 42.2 Å². The zero-order chi connectivity index (χ0) is 13.5. The summed E-state index contributed by atoms with van der Waals surface area (Å²) in [5.74, 6) is 1.53. The second-order valence-electron chi connectivity index (χ2n) is 5.12. The third-order valence-electron chi connectivity index (χ3n) is 3.02. The Bertz CT molecular complexity index is 366. The molecule has 2 nitrogen and oxygen atoms in total. The highest BCUT2D eigenvalue weighted by atomic mass is 35.5. The standard InChI is InChI=1S/C15H24ClNO/c1-4-12(17)10-13-14(16)6-5-7-15(13)18-9-8-11(2)3/h5-7,11-12H,4,8-10,17H2,1-3H3. The van der Waals surface area contributed by atoms with Gasteiger partial charge in [-0.05, 0) is 37.3 Å². The molecule has 0 amide bonds. The molecule has 0 bridgehead atoms. The van der Waals surface area contributed by atoms with Gasteiger partial charge in [-0.1, -0.05) is 38.4 Å². The van der Waals surface area contributed by atoms with Crippen LogP contribution in [0.15, 0.2) is 18.2 Å². The largest absolute Gasteiger partial charge is 0.493 e. The predicted octanol–water partition coefficient (Wildman–Crippen LogP) is 4.04. The minimum atomic E-state index is 0.136. The van der Waals surface area contributed by atoms with E-state index in [9.17, 15) is 0 Å². The second-order valence-corrected chi connectivity index (χ2v) is 5.53. The Morgan fingerprint density at radius 3 is 2.67 bits per heavy atom. The van der Waals surface area contributed by atoms with Crippen LogP contribution in [-0.4, -0.2) is 12.6 Å². The zero-order valence-electron chi connectivity index (χ0n) is 11.6. The molecule has 0 saturated heterocycles. The molecule has 0 radical (unpaired) electrons. The van der Waals surface area contributed by atoms with Crippen molar-refractivity contribution in [3.8, 4) is 5.75 Å². The van der Waals surface area contributed by atoms with Crippen LogP contribution in [0.25, 0.3) is 0 Å². The molecule has 0 aliphatic rings. The molecule has 1 aromatic carbocycles. The molecule has 0 fully saturated rings. The van der Waals surface area contributed by atoms with Crippen molar-refractivity contribution in [2.45, 2.75) is 46.1 Å². The van der Waals surface area contributed by atoms with Crippen LogP contribution in [-0.2, 0) is 6.42 Å². The van der Waals surface area contributed by atoms with Gasteiger partial charge in [0, 0.05) is 16.6 Å². The fourth-order valence-corrected chi connectivity index (χ4v) is 1.93. The number of hydrogen-bond acceptors (Lipinski definition) is 2. The molecular weight excluding hydrogens is 246 g/mol. The van der Waals surface area contributed by atoms with E-state index < -0.39 is 0 Å². The van der Waals surface area contributed by atoms with Gasteiger partial charge in [-0.15, -0.1) is 0 Å². The van der Waals surface area contributed by atoms with Gasteiger partial charge >= 0.3 is 0 Å². The molecule has 0 aliphatic carbocycles. The number of halogens is 1. The third kappa shape index (κ3) is 4.87. The second kappa shape index (κ2) is 7.65. The SMILES string of the molecule is CCC(N)Cc1c(Cl)cccc1OCCC(C)C. The van der Waals surface area contributed by atoms with Gasteiger partial charge in [0.1, 0.15) is 5.75 Å². The van der Waals surface area contributed by atoms with Crippen molar-refractivity contribution >= 4 is 11.6 Å². The molecule has 1 aromatic rings. The van der Waals surface area contributed by atoms with Gasteiger partial charge in [0.25, 0.3) is 0 Å².